The molecule has 8 heteroatoms. The van der Waals surface area contributed by atoms with Crippen LogP contribution < -0.4 is 10.2 Å². The summed E-state index contributed by atoms with van der Waals surface area (Å²) >= 11 is -0.195. The van der Waals surface area contributed by atoms with Crippen molar-refractivity contribution in [2.75, 3.05) is 16.8 Å². The Morgan fingerprint density at radius 1 is 1.12 bits per heavy atom. The first kappa shape index (κ1) is 18.1. The smallest absolute Gasteiger partial charge is 0.323 e. The Bertz CT molecular complexity index is 863. The first-order valence-electron chi connectivity index (χ1n) is 7.56. The standard InChI is InChI=1S/C18H13F3N2O2S/c19-18(20,21)26-13-8-5-12(6-9-13)7-10-17(25)23-11-16(24)22-14-3-1-2-4-15(14)23/h1-10H,11H2,(H,22,24)/b10-7+. The zero-order chi connectivity index (χ0) is 18.7. The largest absolute Gasteiger partial charge is 0.446 e. The number of anilines is 2. The van der Waals surface area contributed by atoms with Gasteiger partial charge in [-0.2, -0.15) is 13.2 Å². The Hall–Kier alpha value is -2.74. The van der Waals surface area contributed by atoms with Gasteiger partial charge in [-0.25, -0.2) is 0 Å². The van der Waals surface area contributed by atoms with Gasteiger partial charge >= 0.3 is 5.51 Å². The number of para-hydroxylation sites is 2. The van der Waals surface area contributed by atoms with Crippen LogP contribution in [0.5, 0.6) is 0 Å². The van der Waals surface area contributed by atoms with Crippen LogP contribution in [0, 0.1) is 0 Å². The van der Waals surface area contributed by atoms with E-state index in [0.717, 1.165) is 0 Å². The second-order valence-corrected chi connectivity index (χ2v) is 6.58. The maximum atomic E-state index is 12.4. The number of carbonyl (C=O) groups excluding carboxylic acids is 2. The van der Waals surface area contributed by atoms with Crippen LogP contribution in [0.2, 0.25) is 0 Å². The predicted molar refractivity (Wildman–Crippen MR) is 94.8 cm³/mol. The van der Waals surface area contributed by atoms with Crippen LogP contribution in [0.1, 0.15) is 5.56 Å². The van der Waals surface area contributed by atoms with Gasteiger partial charge in [0.25, 0.3) is 5.91 Å². The average Bonchev–Trinajstić information content (AvgIpc) is 2.58. The molecule has 0 aromatic heterocycles. The van der Waals surface area contributed by atoms with Crippen LogP contribution in [-0.2, 0) is 9.59 Å². The number of hydrogen-bond donors (Lipinski definition) is 1. The molecular formula is C18H13F3N2O2S. The number of rotatable bonds is 3. The first-order chi connectivity index (χ1) is 12.3. The minimum absolute atomic E-state index is 0.0719. The maximum Gasteiger partial charge on any atom is 0.446 e. The van der Waals surface area contributed by atoms with Crippen LogP contribution in [0.25, 0.3) is 6.08 Å². The molecule has 0 radical (unpaired) electrons. The van der Waals surface area contributed by atoms with Crippen molar-refractivity contribution < 1.29 is 22.8 Å². The fraction of sp³-hybridized carbons (Fsp3) is 0.111. The molecule has 26 heavy (non-hydrogen) atoms. The summed E-state index contributed by atoms with van der Waals surface area (Å²) in [4.78, 5) is 25.6. The number of halogens is 3. The van der Waals surface area contributed by atoms with E-state index >= 15 is 0 Å². The zero-order valence-electron chi connectivity index (χ0n) is 13.3. The van der Waals surface area contributed by atoms with Gasteiger partial charge in [-0.05, 0) is 47.7 Å². The van der Waals surface area contributed by atoms with Gasteiger partial charge in [0.1, 0.15) is 6.54 Å². The molecule has 4 nitrogen and oxygen atoms in total. The zero-order valence-corrected chi connectivity index (χ0v) is 14.1. The minimum Gasteiger partial charge on any atom is -0.323 e. The summed E-state index contributed by atoms with van der Waals surface area (Å²) in [5, 5.41) is 2.69. The molecule has 0 fully saturated rings. The lowest BCUT2D eigenvalue weighted by Gasteiger charge is -2.28. The lowest BCUT2D eigenvalue weighted by Crippen LogP contribution is -2.41. The summed E-state index contributed by atoms with van der Waals surface area (Å²) in [6, 6.07) is 12.6. The van der Waals surface area contributed by atoms with E-state index in [0.29, 0.717) is 16.9 Å². The van der Waals surface area contributed by atoms with Crippen LogP contribution in [0.3, 0.4) is 0 Å². The van der Waals surface area contributed by atoms with E-state index in [-0.39, 0.29) is 35.0 Å². The van der Waals surface area contributed by atoms with Gasteiger partial charge in [0.2, 0.25) is 5.91 Å². The SMILES string of the molecule is O=C1CN(C(=O)/C=C/c2ccc(SC(F)(F)F)cc2)c2ccccc2N1. The number of fused-ring (bicyclic) bond motifs is 1. The second kappa shape index (κ2) is 7.25. The molecule has 2 aromatic carbocycles. The Kier molecular flexibility index (Phi) is 5.03. The van der Waals surface area contributed by atoms with Crippen molar-refractivity contribution in [3.63, 3.8) is 0 Å². The molecule has 0 bridgehead atoms. The van der Waals surface area contributed by atoms with Gasteiger partial charge in [0.05, 0.1) is 11.4 Å². The molecule has 1 heterocycles. The highest BCUT2D eigenvalue weighted by Gasteiger charge is 2.29. The van der Waals surface area contributed by atoms with Crippen LogP contribution in [0.4, 0.5) is 24.5 Å². The van der Waals surface area contributed by atoms with Gasteiger partial charge in [-0.15, -0.1) is 0 Å². The van der Waals surface area contributed by atoms with Crippen molar-refractivity contribution in [2.24, 2.45) is 0 Å². The summed E-state index contributed by atoms with van der Waals surface area (Å²) in [6.07, 6.45) is 2.79. The molecule has 1 N–H and O–H groups in total. The number of nitrogens with zero attached hydrogens (tertiary/aromatic N) is 1. The number of hydrogen-bond acceptors (Lipinski definition) is 3. The number of benzene rings is 2. The molecule has 0 atom stereocenters. The van der Waals surface area contributed by atoms with Crippen molar-refractivity contribution in [3.8, 4) is 0 Å². The van der Waals surface area contributed by atoms with E-state index in [1.165, 1.54) is 41.3 Å². The molecule has 2 aromatic rings. The number of amides is 2. The lowest BCUT2D eigenvalue weighted by atomic mass is 10.1. The number of thioether (sulfide) groups is 1. The van der Waals surface area contributed by atoms with Crippen LogP contribution in [0.15, 0.2) is 59.5 Å². The van der Waals surface area contributed by atoms with E-state index < -0.39 is 5.51 Å². The fourth-order valence-electron chi connectivity index (χ4n) is 2.47. The second-order valence-electron chi connectivity index (χ2n) is 5.44. The van der Waals surface area contributed by atoms with Crippen molar-refractivity contribution in [1.29, 1.82) is 0 Å². The van der Waals surface area contributed by atoms with Gasteiger partial charge in [-0.1, -0.05) is 24.3 Å². The Labute approximate surface area is 151 Å². The highest BCUT2D eigenvalue weighted by atomic mass is 32.2. The van der Waals surface area contributed by atoms with Crippen LogP contribution >= 0.6 is 11.8 Å². The van der Waals surface area contributed by atoms with Crippen molar-refractivity contribution in [1.82, 2.24) is 0 Å². The van der Waals surface area contributed by atoms with Crippen molar-refractivity contribution >= 4 is 41.0 Å². The molecule has 0 saturated heterocycles. The first-order valence-corrected chi connectivity index (χ1v) is 8.38. The van der Waals surface area contributed by atoms with E-state index in [1.807, 2.05) is 0 Å². The average molecular weight is 378 g/mol. The third-order valence-corrected chi connectivity index (χ3v) is 4.31. The van der Waals surface area contributed by atoms with Gasteiger partial charge in [-0.3, -0.25) is 14.5 Å². The third kappa shape index (κ3) is 4.45. The molecular weight excluding hydrogens is 365 g/mol. The number of nitrogens with one attached hydrogen (secondary N) is 1. The van der Waals surface area contributed by atoms with Crippen LogP contribution in [-0.4, -0.2) is 23.9 Å². The summed E-state index contributed by atoms with van der Waals surface area (Å²) < 4.78 is 37.0. The molecule has 134 valence electrons. The third-order valence-electron chi connectivity index (χ3n) is 3.57. The molecule has 2 amide bonds. The highest BCUT2D eigenvalue weighted by Crippen LogP contribution is 2.36. The molecule has 3 rings (SSSR count). The summed E-state index contributed by atoms with van der Waals surface area (Å²) in [5.41, 5.74) is -2.60. The molecule has 0 saturated carbocycles. The van der Waals surface area contributed by atoms with Gasteiger partial charge in [0.15, 0.2) is 0 Å². The maximum absolute atomic E-state index is 12.4. The quantitative estimate of drug-likeness (QED) is 0.640. The summed E-state index contributed by atoms with van der Waals surface area (Å²) in [5.74, 6) is -0.681. The number of carbonyl (C=O) groups is 2. The molecule has 1 aliphatic rings. The van der Waals surface area contributed by atoms with Crippen molar-refractivity contribution in [2.45, 2.75) is 10.4 Å². The Morgan fingerprint density at radius 2 is 1.81 bits per heavy atom. The fourth-order valence-corrected chi connectivity index (χ4v) is 3.01. The normalized spacial score (nSPS) is 14.3. The Balaban J connectivity index is 1.73. The van der Waals surface area contributed by atoms with E-state index in [1.54, 1.807) is 24.3 Å². The topological polar surface area (TPSA) is 49.4 Å². The van der Waals surface area contributed by atoms with E-state index in [4.69, 9.17) is 0 Å². The highest BCUT2D eigenvalue weighted by molar-refractivity contribution is 8.00. The molecule has 0 aliphatic carbocycles. The van der Waals surface area contributed by atoms with E-state index in [2.05, 4.69) is 5.32 Å². The van der Waals surface area contributed by atoms with Crippen molar-refractivity contribution in [3.05, 3.63) is 60.2 Å². The predicted octanol–water partition coefficient (Wildman–Crippen LogP) is 4.30. The minimum atomic E-state index is -4.34. The monoisotopic (exact) mass is 378 g/mol. The van der Waals surface area contributed by atoms with E-state index in [9.17, 15) is 22.8 Å². The van der Waals surface area contributed by atoms with Gasteiger partial charge in [0, 0.05) is 11.0 Å². The van der Waals surface area contributed by atoms with Gasteiger partial charge < -0.3 is 5.32 Å². The number of alkyl halides is 3. The molecule has 0 unspecified atom stereocenters. The molecule has 1 aliphatic heterocycles. The summed E-state index contributed by atoms with van der Waals surface area (Å²) in [7, 11) is 0. The lowest BCUT2D eigenvalue weighted by molar-refractivity contribution is -0.119. The molecule has 0 spiro atoms. The summed E-state index contributed by atoms with van der Waals surface area (Å²) in [6.45, 7) is -0.0959. The Morgan fingerprint density at radius 3 is 2.50 bits per heavy atom.